The molecule has 1 heterocycles. The van der Waals surface area contributed by atoms with Gasteiger partial charge in [0.1, 0.15) is 12.4 Å². The summed E-state index contributed by atoms with van der Waals surface area (Å²) in [6, 6.07) is 12.9. The molecule has 0 bridgehead atoms. The van der Waals surface area contributed by atoms with E-state index in [0.717, 1.165) is 5.75 Å². The summed E-state index contributed by atoms with van der Waals surface area (Å²) in [5.41, 5.74) is 1.72. The Labute approximate surface area is 212 Å². The second kappa shape index (κ2) is 11.3. The molecule has 0 aliphatic carbocycles. The number of hydrogen-bond donors (Lipinski definition) is 1. The highest BCUT2D eigenvalue weighted by Gasteiger charge is 2.31. The van der Waals surface area contributed by atoms with E-state index in [-0.39, 0.29) is 23.0 Å². The molecule has 0 aromatic heterocycles. The molecule has 2 aromatic rings. The minimum atomic E-state index is -3.58. The third-order valence-electron chi connectivity index (χ3n) is 6.00. The molecule has 186 valence electrons. The number of nitrogens with zero attached hydrogens (tertiary/aromatic N) is 1. The van der Waals surface area contributed by atoms with Crippen LogP contribution >= 0.6 is 23.2 Å². The zero-order valence-electron chi connectivity index (χ0n) is 19.8. The van der Waals surface area contributed by atoms with Gasteiger partial charge < -0.3 is 10.1 Å². The maximum absolute atomic E-state index is 12.8. The molecule has 0 saturated carbocycles. The summed E-state index contributed by atoms with van der Waals surface area (Å²) in [6.45, 7) is 7.82. The van der Waals surface area contributed by atoms with E-state index in [4.69, 9.17) is 27.9 Å². The normalized spacial score (nSPS) is 15.8. The molecule has 2 aromatic carbocycles. The first-order valence-corrected chi connectivity index (χ1v) is 13.8. The van der Waals surface area contributed by atoms with Crippen LogP contribution in [0.25, 0.3) is 0 Å². The number of rotatable bonds is 8. The van der Waals surface area contributed by atoms with Gasteiger partial charge in [0.25, 0.3) is 0 Å². The number of sulfonamides is 1. The van der Waals surface area contributed by atoms with Gasteiger partial charge in [-0.1, -0.05) is 62.2 Å². The lowest BCUT2D eigenvalue weighted by Gasteiger charge is -2.30. The SMILES string of the molecule is CC(C)(C)c1ccc(OCCNC(=O)C2CCN(S(=O)(=O)Cc3c(Cl)cccc3Cl)CC2)cc1. The number of carbonyl (C=O) groups is 1. The molecule has 1 fully saturated rings. The van der Waals surface area contributed by atoms with Crippen molar-refractivity contribution in [2.45, 2.75) is 44.8 Å². The number of carbonyl (C=O) groups excluding carboxylic acids is 1. The van der Waals surface area contributed by atoms with E-state index < -0.39 is 10.0 Å². The number of hydrogen-bond acceptors (Lipinski definition) is 4. The largest absolute Gasteiger partial charge is 0.492 e. The first-order valence-electron chi connectivity index (χ1n) is 11.4. The van der Waals surface area contributed by atoms with Gasteiger partial charge in [-0.05, 0) is 48.1 Å². The van der Waals surface area contributed by atoms with Crippen molar-refractivity contribution in [3.05, 3.63) is 63.6 Å². The minimum Gasteiger partial charge on any atom is -0.492 e. The van der Waals surface area contributed by atoms with E-state index >= 15 is 0 Å². The molecular formula is C25H32Cl2N2O4S. The Kier molecular flexibility index (Phi) is 8.90. The van der Waals surface area contributed by atoms with Gasteiger partial charge >= 0.3 is 0 Å². The van der Waals surface area contributed by atoms with Crippen molar-refractivity contribution in [3.8, 4) is 5.75 Å². The first kappa shape index (κ1) is 26.8. The van der Waals surface area contributed by atoms with Crippen LogP contribution in [-0.4, -0.2) is 44.9 Å². The molecule has 34 heavy (non-hydrogen) atoms. The summed E-state index contributed by atoms with van der Waals surface area (Å²) in [5.74, 6) is 0.217. The molecule has 1 saturated heterocycles. The second-order valence-corrected chi connectivity index (χ2v) is 12.3. The highest BCUT2D eigenvalue weighted by Crippen LogP contribution is 2.29. The fourth-order valence-electron chi connectivity index (χ4n) is 3.88. The predicted molar refractivity (Wildman–Crippen MR) is 137 cm³/mol. The van der Waals surface area contributed by atoms with Crippen LogP contribution in [0.4, 0.5) is 0 Å². The van der Waals surface area contributed by atoms with Crippen molar-refractivity contribution in [2.75, 3.05) is 26.2 Å². The molecule has 1 aliphatic rings. The lowest BCUT2D eigenvalue weighted by molar-refractivity contribution is -0.126. The van der Waals surface area contributed by atoms with Gasteiger partial charge in [0.05, 0.1) is 12.3 Å². The standard InChI is InChI=1S/C25H32Cl2N2O4S/c1-25(2,3)19-7-9-20(10-8-19)33-16-13-28-24(30)18-11-14-29(15-12-18)34(31,32)17-21-22(26)5-4-6-23(21)27/h4-10,18H,11-17H2,1-3H3,(H,28,30). The number of halogens is 2. The van der Waals surface area contributed by atoms with Crippen molar-refractivity contribution >= 4 is 39.1 Å². The number of piperidine rings is 1. The third-order valence-corrected chi connectivity index (χ3v) is 8.51. The molecule has 1 amide bonds. The zero-order valence-corrected chi connectivity index (χ0v) is 22.1. The van der Waals surface area contributed by atoms with Gasteiger partial charge in [0, 0.05) is 34.6 Å². The fourth-order valence-corrected chi connectivity index (χ4v) is 6.19. The molecule has 0 atom stereocenters. The van der Waals surface area contributed by atoms with Crippen LogP contribution in [0, 0.1) is 5.92 Å². The second-order valence-electron chi connectivity index (χ2n) is 9.54. The van der Waals surface area contributed by atoms with Gasteiger partial charge in [0.15, 0.2) is 0 Å². The molecule has 0 radical (unpaired) electrons. The van der Waals surface area contributed by atoms with E-state index in [2.05, 4.69) is 38.2 Å². The summed E-state index contributed by atoms with van der Waals surface area (Å²) in [4.78, 5) is 12.5. The van der Waals surface area contributed by atoms with Crippen molar-refractivity contribution in [2.24, 2.45) is 5.92 Å². The number of benzene rings is 2. The predicted octanol–water partition coefficient (Wildman–Crippen LogP) is 5.03. The van der Waals surface area contributed by atoms with Crippen molar-refractivity contribution in [3.63, 3.8) is 0 Å². The smallest absolute Gasteiger partial charge is 0.223 e. The van der Waals surface area contributed by atoms with Crippen LogP contribution in [0.2, 0.25) is 10.0 Å². The zero-order chi connectivity index (χ0) is 24.9. The molecule has 1 N–H and O–H groups in total. The summed E-state index contributed by atoms with van der Waals surface area (Å²) >= 11 is 12.3. The Hall–Kier alpha value is -1.80. The van der Waals surface area contributed by atoms with Crippen LogP contribution in [-0.2, 0) is 26.0 Å². The molecular weight excluding hydrogens is 495 g/mol. The summed E-state index contributed by atoms with van der Waals surface area (Å²) in [5, 5.41) is 3.56. The van der Waals surface area contributed by atoms with Crippen LogP contribution in [0.15, 0.2) is 42.5 Å². The highest BCUT2D eigenvalue weighted by molar-refractivity contribution is 7.88. The van der Waals surface area contributed by atoms with E-state index in [1.165, 1.54) is 9.87 Å². The number of nitrogens with one attached hydrogen (secondary N) is 1. The monoisotopic (exact) mass is 526 g/mol. The topological polar surface area (TPSA) is 75.7 Å². The minimum absolute atomic E-state index is 0.0714. The Morgan fingerprint density at radius 2 is 1.65 bits per heavy atom. The van der Waals surface area contributed by atoms with E-state index in [0.29, 0.717) is 54.7 Å². The summed E-state index contributed by atoms with van der Waals surface area (Å²) in [7, 11) is -3.58. The molecule has 0 spiro atoms. The lowest BCUT2D eigenvalue weighted by Crippen LogP contribution is -2.44. The van der Waals surface area contributed by atoms with E-state index in [1.54, 1.807) is 18.2 Å². The van der Waals surface area contributed by atoms with Crippen LogP contribution in [0.1, 0.15) is 44.7 Å². The van der Waals surface area contributed by atoms with Crippen LogP contribution in [0.3, 0.4) is 0 Å². The Balaban J connectivity index is 1.42. The quantitative estimate of drug-likeness (QED) is 0.489. The van der Waals surface area contributed by atoms with Gasteiger partial charge in [-0.15, -0.1) is 0 Å². The molecule has 0 unspecified atom stereocenters. The molecule has 9 heteroatoms. The van der Waals surface area contributed by atoms with Gasteiger partial charge in [-0.25, -0.2) is 12.7 Å². The maximum atomic E-state index is 12.8. The van der Waals surface area contributed by atoms with Gasteiger partial charge in [-0.2, -0.15) is 0 Å². The maximum Gasteiger partial charge on any atom is 0.223 e. The van der Waals surface area contributed by atoms with Crippen molar-refractivity contribution in [1.29, 1.82) is 0 Å². The summed E-state index contributed by atoms with van der Waals surface area (Å²) < 4.78 is 32.8. The Morgan fingerprint density at radius 3 is 2.21 bits per heavy atom. The third kappa shape index (κ3) is 7.11. The first-order chi connectivity index (χ1) is 16.0. The van der Waals surface area contributed by atoms with Crippen molar-refractivity contribution in [1.82, 2.24) is 9.62 Å². The van der Waals surface area contributed by atoms with E-state index in [1.807, 2.05) is 12.1 Å². The van der Waals surface area contributed by atoms with Gasteiger partial charge in [0.2, 0.25) is 15.9 Å². The fraction of sp³-hybridized carbons (Fsp3) is 0.480. The van der Waals surface area contributed by atoms with Crippen LogP contribution in [0.5, 0.6) is 5.75 Å². The number of amides is 1. The Bertz CT molecular complexity index is 1070. The molecule has 3 rings (SSSR count). The van der Waals surface area contributed by atoms with Crippen molar-refractivity contribution < 1.29 is 17.9 Å². The summed E-state index contributed by atoms with van der Waals surface area (Å²) in [6.07, 6.45) is 0.937. The van der Waals surface area contributed by atoms with Crippen LogP contribution < -0.4 is 10.1 Å². The highest BCUT2D eigenvalue weighted by atomic mass is 35.5. The Morgan fingerprint density at radius 1 is 1.06 bits per heavy atom. The average molecular weight is 528 g/mol. The number of ether oxygens (including phenoxy) is 1. The molecule has 1 aliphatic heterocycles. The average Bonchev–Trinajstić information content (AvgIpc) is 2.79. The lowest BCUT2D eigenvalue weighted by atomic mass is 9.87. The molecule has 6 nitrogen and oxygen atoms in total. The van der Waals surface area contributed by atoms with Gasteiger partial charge in [-0.3, -0.25) is 4.79 Å². The van der Waals surface area contributed by atoms with E-state index in [9.17, 15) is 13.2 Å².